The van der Waals surface area contributed by atoms with Gasteiger partial charge < -0.3 is 26.4 Å². The van der Waals surface area contributed by atoms with Crippen LogP contribution in [0.1, 0.15) is 6.92 Å². The molecule has 19 heavy (non-hydrogen) atoms. The van der Waals surface area contributed by atoms with E-state index in [1.165, 1.54) is 0 Å². The number of morpholine rings is 1. The molecule has 8 heteroatoms. The molecule has 0 saturated carbocycles. The van der Waals surface area contributed by atoms with Crippen LogP contribution in [0.2, 0.25) is 0 Å². The van der Waals surface area contributed by atoms with E-state index < -0.39 is 11.9 Å². The van der Waals surface area contributed by atoms with Gasteiger partial charge in [-0.2, -0.15) is 9.97 Å². The lowest BCUT2D eigenvalue weighted by atomic mass is 10.2. The average molecular weight is 266 g/mol. The molecule has 0 radical (unpaired) electrons. The normalized spacial score (nSPS) is 19.2. The molecule has 1 saturated heterocycles. The SMILES string of the molecule is CCNc1cc(N2CCOCC2C(N)=O)nc(N)n1. The molecule has 1 unspecified atom stereocenters. The molecule has 0 aliphatic carbocycles. The third-order valence-corrected chi connectivity index (χ3v) is 2.84. The summed E-state index contributed by atoms with van der Waals surface area (Å²) < 4.78 is 5.27. The van der Waals surface area contributed by atoms with E-state index in [2.05, 4.69) is 15.3 Å². The number of anilines is 3. The summed E-state index contributed by atoms with van der Waals surface area (Å²) in [6.07, 6.45) is 0. The molecule has 1 atom stereocenters. The summed E-state index contributed by atoms with van der Waals surface area (Å²) in [5.74, 6) is 0.917. The van der Waals surface area contributed by atoms with Gasteiger partial charge in [0.25, 0.3) is 0 Å². The number of hydrogen-bond acceptors (Lipinski definition) is 7. The summed E-state index contributed by atoms with van der Waals surface area (Å²) >= 11 is 0. The number of aromatic nitrogens is 2. The number of nitrogens with two attached hydrogens (primary N) is 2. The molecular weight excluding hydrogens is 248 g/mol. The van der Waals surface area contributed by atoms with Gasteiger partial charge >= 0.3 is 0 Å². The second-order valence-electron chi connectivity index (χ2n) is 4.19. The molecule has 1 aliphatic rings. The zero-order valence-corrected chi connectivity index (χ0v) is 10.8. The number of hydrogen-bond donors (Lipinski definition) is 3. The Balaban J connectivity index is 2.30. The third kappa shape index (κ3) is 3.02. The van der Waals surface area contributed by atoms with Crippen LogP contribution in [0.25, 0.3) is 0 Å². The van der Waals surface area contributed by atoms with Crippen LogP contribution in [-0.2, 0) is 9.53 Å². The number of amides is 1. The Kier molecular flexibility index (Phi) is 4.00. The molecule has 5 N–H and O–H groups in total. The van der Waals surface area contributed by atoms with E-state index >= 15 is 0 Å². The number of carbonyl (C=O) groups excluding carboxylic acids is 1. The monoisotopic (exact) mass is 266 g/mol. The number of nitrogen functional groups attached to an aromatic ring is 1. The highest BCUT2D eigenvalue weighted by Gasteiger charge is 2.29. The van der Waals surface area contributed by atoms with Crippen LogP contribution in [0.5, 0.6) is 0 Å². The van der Waals surface area contributed by atoms with E-state index in [0.717, 1.165) is 6.54 Å². The van der Waals surface area contributed by atoms with E-state index in [1.807, 2.05) is 6.92 Å². The maximum absolute atomic E-state index is 11.4. The molecule has 1 aliphatic heterocycles. The molecular formula is C11H18N6O2. The van der Waals surface area contributed by atoms with Crippen molar-refractivity contribution < 1.29 is 9.53 Å². The Hall–Kier alpha value is -2.09. The van der Waals surface area contributed by atoms with Crippen molar-refractivity contribution in [2.75, 3.05) is 42.3 Å². The lowest BCUT2D eigenvalue weighted by molar-refractivity contribution is -0.121. The fraction of sp³-hybridized carbons (Fsp3) is 0.545. The van der Waals surface area contributed by atoms with Gasteiger partial charge in [-0.1, -0.05) is 0 Å². The lowest BCUT2D eigenvalue weighted by Crippen LogP contribution is -2.53. The van der Waals surface area contributed by atoms with Gasteiger partial charge in [-0.05, 0) is 6.92 Å². The van der Waals surface area contributed by atoms with E-state index in [9.17, 15) is 4.79 Å². The molecule has 0 spiro atoms. The number of ether oxygens (including phenoxy) is 1. The molecule has 1 fully saturated rings. The first-order valence-electron chi connectivity index (χ1n) is 6.14. The van der Waals surface area contributed by atoms with Gasteiger partial charge in [0.2, 0.25) is 11.9 Å². The lowest BCUT2D eigenvalue weighted by Gasteiger charge is -2.34. The van der Waals surface area contributed by atoms with Gasteiger partial charge in [0, 0.05) is 19.2 Å². The van der Waals surface area contributed by atoms with Crippen LogP contribution < -0.4 is 21.7 Å². The molecule has 1 amide bonds. The van der Waals surface area contributed by atoms with Crippen molar-refractivity contribution in [2.45, 2.75) is 13.0 Å². The molecule has 2 rings (SSSR count). The van der Waals surface area contributed by atoms with E-state index in [-0.39, 0.29) is 12.6 Å². The van der Waals surface area contributed by atoms with Gasteiger partial charge in [-0.25, -0.2) is 0 Å². The van der Waals surface area contributed by atoms with E-state index in [4.69, 9.17) is 16.2 Å². The van der Waals surface area contributed by atoms with Crippen molar-refractivity contribution in [3.8, 4) is 0 Å². The molecule has 8 nitrogen and oxygen atoms in total. The Morgan fingerprint density at radius 3 is 3.11 bits per heavy atom. The van der Waals surface area contributed by atoms with Crippen LogP contribution in [0, 0.1) is 0 Å². The number of nitrogens with one attached hydrogen (secondary N) is 1. The highest BCUT2D eigenvalue weighted by molar-refractivity contribution is 5.84. The first kappa shape index (κ1) is 13.3. The van der Waals surface area contributed by atoms with Crippen molar-refractivity contribution >= 4 is 23.5 Å². The fourth-order valence-electron chi connectivity index (χ4n) is 1.99. The second kappa shape index (κ2) is 5.70. The average Bonchev–Trinajstić information content (AvgIpc) is 2.38. The van der Waals surface area contributed by atoms with Gasteiger partial charge in [0.1, 0.15) is 17.7 Å². The van der Waals surface area contributed by atoms with E-state index in [1.54, 1.807) is 11.0 Å². The number of carbonyl (C=O) groups is 1. The maximum atomic E-state index is 11.4. The highest BCUT2D eigenvalue weighted by atomic mass is 16.5. The first-order valence-corrected chi connectivity index (χ1v) is 6.14. The van der Waals surface area contributed by atoms with Gasteiger partial charge in [0.15, 0.2) is 0 Å². The van der Waals surface area contributed by atoms with Crippen molar-refractivity contribution in [1.82, 2.24) is 9.97 Å². The van der Waals surface area contributed by atoms with Crippen molar-refractivity contribution in [3.63, 3.8) is 0 Å². The smallest absolute Gasteiger partial charge is 0.242 e. The largest absolute Gasteiger partial charge is 0.377 e. The highest BCUT2D eigenvalue weighted by Crippen LogP contribution is 2.21. The van der Waals surface area contributed by atoms with Gasteiger partial charge in [-0.3, -0.25) is 4.79 Å². The predicted octanol–water partition coefficient (Wildman–Crippen LogP) is -0.819. The third-order valence-electron chi connectivity index (χ3n) is 2.84. The van der Waals surface area contributed by atoms with Crippen LogP contribution >= 0.6 is 0 Å². The molecule has 104 valence electrons. The molecule has 1 aromatic heterocycles. The topological polar surface area (TPSA) is 119 Å². The van der Waals surface area contributed by atoms with Crippen LogP contribution in [0.15, 0.2) is 6.07 Å². The minimum atomic E-state index is -0.530. The maximum Gasteiger partial charge on any atom is 0.242 e. The Morgan fingerprint density at radius 1 is 1.63 bits per heavy atom. The minimum Gasteiger partial charge on any atom is -0.377 e. The summed E-state index contributed by atoms with van der Waals surface area (Å²) in [5, 5.41) is 3.07. The molecule has 2 heterocycles. The Bertz CT molecular complexity index is 466. The van der Waals surface area contributed by atoms with Crippen LogP contribution in [0.4, 0.5) is 17.6 Å². The number of nitrogens with zero attached hydrogens (tertiary/aromatic N) is 3. The van der Waals surface area contributed by atoms with Crippen molar-refractivity contribution in [3.05, 3.63) is 6.07 Å². The molecule has 0 aromatic carbocycles. The van der Waals surface area contributed by atoms with Crippen molar-refractivity contribution in [2.24, 2.45) is 5.73 Å². The number of rotatable bonds is 4. The molecule has 0 bridgehead atoms. The van der Waals surface area contributed by atoms with Crippen molar-refractivity contribution in [1.29, 1.82) is 0 Å². The zero-order chi connectivity index (χ0) is 13.8. The molecule has 1 aromatic rings. The fourth-order valence-corrected chi connectivity index (χ4v) is 1.99. The van der Waals surface area contributed by atoms with Crippen LogP contribution in [0.3, 0.4) is 0 Å². The quantitative estimate of drug-likeness (QED) is 0.651. The minimum absolute atomic E-state index is 0.156. The summed E-state index contributed by atoms with van der Waals surface area (Å²) in [6.45, 7) is 3.99. The summed E-state index contributed by atoms with van der Waals surface area (Å²) in [5.41, 5.74) is 11.1. The van der Waals surface area contributed by atoms with Crippen LogP contribution in [-0.4, -0.2) is 48.2 Å². The standard InChI is InChI=1S/C11H18N6O2/c1-2-14-8-5-9(16-11(13)15-8)17-3-4-19-6-7(17)10(12)18/h5,7H,2-4,6H2,1H3,(H2,12,18)(H3,13,14,15,16). The second-order valence-corrected chi connectivity index (χ2v) is 4.19. The van der Waals surface area contributed by atoms with Gasteiger partial charge in [0.05, 0.1) is 13.2 Å². The van der Waals surface area contributed by atoms with E-state index in [0.29, 0.717) is 24.8 Å². The summed E-state index contributed by atoms with van der Waals surface area (Å²) in [7, 11) is 0. The summed E-state index contributed by atoms with van der Waals surface area (Å²) in [4.78, 5) is 21.5. The van der Waals surface area contributed by atoms with Gasteiger partial charge in [-0.15, -0.1) is 0 Å². The zero-order valence-electron chi connectivity index (χ0n) is 10.8. The first-order chi connectivity index (χ1) is 9.11. The Labute approximate surface area is 111 Å². The summed E-state index contributed by atoms with van der Waals surface area (Å²) in [6, 6.07) is 1.22. The Morgan fingerprint density at radius 2 is 2.42 bits per heavy atom. The number of primary amides is 1. The predicted molar refractivity (Wildman–Crippen MR) is 71.8 cm³/mol.